The Kier molecular flexibility index (Phi) is 5.20. The first-order chi connectivity index (χ1) is 8.40. The Bertz CT molecular complexity index is 394. The van der Waals surface area contributed by atoms with Crippen LogP contribution < -0.4 is 5.32 Å². The number of hydrogen-bond acceptors (Lipinski definition) is 3. The minimum Gasteiger partial charge on any atom is -0.460 e. The van der Waals surface area contributed by atoms with Crippen LogP contribution in [0.3, 0.4) is 0 Å². The minimum absolute atomic E-state index is 0.165. The Morgan fingerprint density at radius 2 is 2.06 bits per heavy atom. The van der Waals surface area contributed by atoms with Crippen molar-refractivity contribution >= 4 is 11.7 Å². The molecule has 0 spiro atoms. The Morgan fingerprint density at radius 3 is 2.67 bits per heavy atom. The van der Waals surface area contributed by atoms with E-state index in [4.69, 9.17) is 4.74 Å². The van der Waals surface area contributed by atoms with Gasteiger partial charge in [-0.15, -0.1) is 0 Å². The summed E-state index contributed by atoms with van der Waals surface area (Å²) in [5, 5.41) is 3.24. The van der Waals surface area contributed by atoms with Gasteiger partial charge in [-0.1, -0.05) is 19.1 Å². The van der Waals surface area contributed by atoms with E-state index >= 15 is 0 Å². The van der Waals surface area contributed by atoms with E-state index in [-0.39, 0.29) is 5.97 Å². The number of hydrogen-bond donors (Lipinski definition) is 1. The molecular formula is C15H23NO2. The average molecular weight is 249 g/mol. The summed E-state index contributed by atoms with van der Waals surface area (Å²) in [6, 6.07) is 8.23. The molecule has 0 aliphatic rings. The number of aryl methyl sites for hydroxylation is 1. The molecule has 0 bridgehead atoms. The van der Waals surface area contributed by atoms with Crippen molar-refractivity contribution in [3.63, 3.8) is 0 Å². The van der Waals surface area contributed by atoms with Gasteiger partial charge < -0.3 is 10.1 Å². The Balaban J connectivity index is 2.35. The number of nitrogens with one attached hydrogen (secondary N) is 1. The van der Waals surface area contributed by atoms with Crippen LogP contribution in [0.2, 0.25) is 0 Å². The highest BCUT2D eigenvalue weighted by atomic mass is 16.6. The maximum Gasteiger partial charge on any atom is 0.308 e. The van der Waals surface area contributed by atoms with Crippen molar-refractivity contribution in [2.75, 3.05) is 11.9 Å². The standard InChI is InChI=1S/C15H23NO2/c1-5-12-7-6-8-13(11-12)16-10-9-14(17)18-15(2,3)4/h6-8,11,16H,5,9-10H2,1-4H3. The third kappa shape index (κ3) is 5.71. The fourth-order valence-electron chi connectivity index (χ4n) is 1.60. The number of carbonyl (C=O) groups excluding carboxylic acids is 1. The minimum atomic E-state index is -0.404. The van der Waals surface area contributed by atoms with E-state index in [2.05, 4.69) is 24.4 Å². The Hall–Kier alpha value is -1.51. The largest absolute Gasteiger partial charge is 0.460 e. The summed E-state index contributed by atoms with van der Waals surface area (Å²) in [5.41, 5.74) is 1.94. The second kappa shape index (κ2) is 6.43. The van der Waals surface area contributed by atoms with Gasteiger partial charge in [0.2, 0.25) is 0 Å². The molecule has 0 unspecified atom stereocenters. The summed E-state index contributed by atoms with van der Waals surface area (Å²) in [7, 11) is 0. The van der Waals surface area contributed by atoms with E-state index in [9.17, 15) is 4.79 Å². The van der Waals surface area contributed by atoms with E-state index in [0.717, 1.165) is 12.1 Å². The Morgan fingerprint density at radius 1 is 1.33 bits per heavy atom. The topological polar surface area (TPSA) is 38.3 Å². The van der Waals surface area contributed by atoms with Crippen LogP contribution in [0, 0.1) is 0 Å². The van der Waals surface area contributed by atoms with Crippen molar-refractivity contribution in [2.45, 2.75) is 46.1 Å². The molecule has 3 heteroatoms. The fraction of sp³-hybridized carbons (Fsp3) is 0.533. The summed E-state index contributed by atoms with van der Waals surface area (Å²) in [6.45, 7) is 8.36. The van der Waals surface area contributed by atoms with Gasteiger partial charge in [0, 0.05) is 12.2 Å². The van der Waals surface area contributed by atoms with Gasteiger partial charge >= 0.3 is 5.97 Å². The predicted molar refractivity (Wildman–Crippen MR) is 74.8 cm³/mol. The molecule has 3 nitrogen and oxygen atoms in total. The zero-order chi connectivity index (χ0) is 13.6. The molecule has 0 saturated heterocycles. The molecule has 0 atom stereocenters. The first-order valence-electron chi connectivity index (χ1n) is 6.45. The third-order valence-corrected chi connectivity index (χ3v) is 2.41. The number of benzene rings is 1. The number of ether oxygens (including phenoxy) is 1. The highest BCUT2D eigenvalue weighted by Crippen LogP contribution is 2.12. The molecule has 0 radical (unpaired) electrons. The number of carbonyl (C=O) groups is 1. The quantitative estimate of drug-likeness (QED) is 0.813. The third-order valence-electron chi connectivity index (χ3n) is 2.41. The van der Waals surface area contributed by atoms with Crippen LogP contribution in [0.5, 0.6) is 0 Å². The van der Waals surface area contributed by atoms with Crippen LogP contribution >= 0.6 is 0 Å². The first-order valence-corrected chi connectivity index (χ1v) is 6.45. The Labute approximate surface area is 110 Å². The van der Waals surface area contributed by atoms with Gasteiger partial charge in [0.05, 0.1) is 6.42 Å². The van der Waals surface area contributed by atoms with E-state index in [1.165, 1.54) is 5.56 Å². The first kappa shape index (κ1) is 14.6. The average Bonchev–Trinajstić information content (AvgIpc) is 2.27. The lowest BCUT2D eigenvalue weighted by atomic mass is 10.1. The van der Waals surface area contributed by atoms with E-state index in [1.54, 1.807) is 0 Å². The van der Waals surface area contributed by atoms with E-state index in [0.29, 0.717) is 13.0 Å². The SMILES string of the molecule is CCc1cccc(NCCC(=O)OC(C)(C)C)c1. The summed E-state index contributed by atoms with van der Waals surface area (Å²) in [5.74, 6) is -0.165. The van der Waals surface area contributed by atoms with Crippen LogP contribution in [0.4, 0.5) is 5.69 Å². The number of rotatable bonds is 5. The van der Waals surface area contributed by atoms with Crippen molar-refractivity contribution in [1.82, 2.24) is 0 Å². The molecule has 18 heavy (non-hydrogen) atoms. The van der Waals surface area contributed by atoms with Gasteiger partial charge in [-0.05, 0) is 44.9 Å². The molecule has 0 aromatic heterocycles. The highest BCUT2D eigenvalue weighted by Gasteiger charge is 2.15. The molecule has 0 aliphatic carbocycles. The zero-order valence-corrected chi connectivity index (χ0v) is 11.7. The fourth-order valence-corrected chi connectivity index (χ4v) is 1.60. The van der Waals surface area contributed by atoms with Gasteiger partial charge in [0.15, 0.2) is 0 Å². The van der Waals surface area contributed by atoms with Gasteiger partial charge in [-0.25, -0.2) is 0 Å². The summed E-state index contributed by atoms with van der Waals surface area (Å²) in [4.78, 5) is 11.5. The molecule has 1 aromatic rings. The van der Waals surface area contributed by atoms with Crippen LogP contribution in [0.25, 0.3) is 0 Å². The molecule has 0 saturated carbocycles. The van der Waals surface area contributed by atoms with E-state index in [1.807, 2.05) is 32.9 Å². The molecular weight excluding hydrogens is 226 g/mol. The molecule has 1 rings (SSSR count). The summed E-state index contributed by atoms with van der Waals surface area (Å²) in [6.07, 6.45) is 1.40. The maximum absolute atomic E-state index is 11.5. The molecule has 0 aliphatic heterocycles. The van der Waals surface area contributed by atoms with Crippen molar-refractivity contribution in [3.05, 3.63) is 29.8 Å². The van der Waals surface area contributed by atoms with Gasteiger partial charge in [-0.3, -0.25) is 4.79 Å². The highest BCUT2D eigenvalue weighted by molar-refractivity contribution is 5.70. The second-order valence-electron chi connectivity index (χ2n) is 5.32. The monoisotopic (exact) mass is 249 g/mol. The normalized spacial score (nSPS) is 11.1. The predicted octanol–water partition coefficient (Wildman–Crippen LogP) is 3.39. The lowest BCUT2D eigenvalue weighted by Crippen LogP contribution is -2.25. The molecule has 0 fully saturated rings. The van der Waals surface area contributed by atoms with Crippen LogP contribution in [-0.4, -0.2) is 18.1 Å². The van der Waals surface area contributed by atoms with Crippen LogP contribution in [0.15, 0.2) is 24.3 Å². The lowest BCUT2D eigenvalue weighted by molar-refractivity contribution is -0.154. The van der Waals surface area contributed by atoms with Crippen molar-refractivity contribution in [1.29, 1.82) is 0 Å². The van der Waals surface area contributed by atoms with E-state index < -0.39 is 5.60 Å². The number of anilines is 1. The molecule has 1 N–H and O–H groups in total. The van der Waals surface area contributed by atoms with Gasteiger partial charge in [0.1, 0.15) is 5.60 Å². The van der Waals surface area contributed by atoms with Gasteiger partial charge in [-0.2, -0.15) is 0 Å². The van der Waals surface area contributed by atoms with Crippen molar-refractivity contribution in [2.24, 2.45) is 0 Å². The zero-order valence-electron chi connectivity index (χ0n) is 11.7. The van der Waals surface area contributed by atoms with Crippen molar-refractivity contribution in [3.8, 4) is 0 Å². The molecule has 100 valence electrons. The summed E-state index contributed by atoms with van der Waals surface area (Å²) >= 11 is 0. The lowest BCUT2D eigenvalue weighted by Gasteiger charge is -2.19. The van der Waals surface area contributed by atoms with Gasteiger partial charge in [0.25, 0.3) is 0 Å². The van der Waals surface area contributed by atoms with Crippen molar-refractivity contribution < 1.29 is 9.53 Å². The molecule has 1 aromatic carbocycles. The van der Waals surface area contributed by atoms with Crippen LogP contribution in [-0.2, 0) is 16.0 Å². The summed E-state index contributed by atoms with van der Waals surface area (Å²) < 4.78 is 5.24. The smallest absolute Gasteiger partial charge is 0.308 e. The molecule has 0 heterocycles. The number of esters is 1. The molecule has 0 amide bonds. The maximum atomic E-state index is 11.5. The van der Waals surface area contributed by atoms with Crippen LogP contribution in [0.1, 0.15) is 39.7 Å². The second-order valence-corrected chi connectivity index (χ2v) is 5.32.